The molecule has 0 spiro atoms. The van der Waals surface area contributed by atoms with E-state index in [0.717, 1.165) is 4.90 Å². The van der Waals surface area contributed by atoms with Crippen LogP contribution in [0, 0.1) is 0 Å². The van der Waals surface area contributed by atoms with Crippen LogP contribution in [-0.4, -0.2) is 65.1 Å². The van der Waals surface area contributed by atoms with Crippen molar-refractivity contribution in [1.82, 2.24) is 20.4 Å². The van der Waals surface area contributed by atoms with E-state index >= 15 is 0 Å². The van der Waals surface area contributed by atoms with Gasteiger partial charge in [0.25, 0.3) is 0 Å². The van der Waals surface area contributed by atoms with Crippen molar-refractivity contribution in [3.63, 3.8) is 0 Å². The molecular formula is C12H18N4O5. The molecule has 0 saturated carbocycles. The second-order valence-electron chi connectivity index (χ2n) is 4.67. The molecule has 0 aromatic rings. The van der Waals surface area contributed by atoms with Crippen molar-refractivity contribution in [2.75, 3.05) is 19.6 Å². The zero-order valence-electron chi connectivity index (χ0n) is 12.1. The Hall–Kier alpha value is -2.45. The Morgan fingerprint density at radius 1 is 1.05 bits per heavy atom. The van der Waals surface area contributed by atoms with E-state index in [-0.39, 0.29) is 12.5 Å². The van der Waals surface area contributed by atoms with Crippen LogP contribution in [0.15, 0.2) is 0 Å². The first-order chi connectivity index (χ1) is 9.79. The predicted octanol–water partition coefficient (Wildman–Crippen LogP) is -1.56. The fraction of sp³-hybridized carbons (Fsp3) is 0.583. The SMILES string of the molecule is CCNC(=O)CNC(=O)CN1C(=O)C(=O)N(C(C)C)C1=O. The number of hydrogen-bond acceptors (Lipinski definition) is 5. The Morgan fingerprint density at radius 2 is 1.67 bits per heavy atom. The van der Waals surface area contributed by atoms with E-state index in [2.05, 4.69) is 10.6 Å². The third kappa shape index (κ3) is 3.77. The lowest BCUT2D eigenvalue weighted by Crippen LogP contribution is -2.44. The molecule has 1 saturated heterocycles. The van der Waals surface area contributed by atoms with E-state index in [4.69, 9.17) is 0 Å². The maximum Gasteiger partial charge on any atom is 0.334 e. The molecule has 0 aromatic heterocycles. The molecule has 0 aliphatic carbocycles. The van der Waals surface area contributed by atoms with Gasteiger partial charge in [0.1, 0.15) is 6.54 Å². The van der Waals surface area contributed by atoms with E-state index in [1.165, 1.54) is 0 Å². The Balaban J connectivity index is 2.60. The summed E-state index contributed by atoms with van der Waals surface area (Å²) in [4.78, 5) is 59.3. The lowest BCUT2D eigenvalue weighted by Gasteiger charge is -2.18. The number of carbonyl (C=O) groups is 5. The summed E-state index contributed by atoms with van der Waals surface area (Å²) >= 11 is 0. The molecule has 6 amide bonds. The van der Waals surface area contributed by atoms with Gasteiger partial charge in [-0.3, -0.25) is 24.1 Å². The molecule has 1 fully saturated rings. The molecule has 9 nitrogen and oxygen atoms in total. The van der Waals surface area contributed by atoms with Crippen molar-refractivity contribution in [3.8, 4) is 0 Å². The Morgan fingerprint density at radius 3 is 2.14 bits per heavy atom. The predicted molar refractivity (Wildman–Crippen MR) is 70.8 cm³/mol. The molecule has 0 unspecified atom stereocenters. The summed E-state index contributed by atoms with van der Waals surface area (Å²) in [5.74, 6) is -3.07. The third-order valence-corrected chi connectivity index (χ3v) is 2.72. The minimum Gasteiger partial charge on any atom is -0.355 e. The topological polar surface area (TPSA) is 116 Å². The number of imide groups is 2. The third-order valence-electron chi connectivity index (χ3n) is 2.72. The van der Waals surface area contributed by atoms with Crippen LogP contribution in [0.3, 0.4) is 0 Å². The molecule has 1 aliphatic rings. The first-order valence-electron chi connectivity index (χ1n) is 6.52. The Labute approximate surface area is 121 Å². The zero-order valence-corrected chi connectivity index (χ0v) is 12.1. The Bertz CT molecular complexity index is 488. The van der Waals surface area contributed by atoms with Gasteiger partial charge in [-0.15, -0.1) is 0 Å². The maximum atomic E-state index is 11.9. The molecule has 0 bridgehead atoms. The van der Waals surface area contributed by atoms with Crippen LogP contribution < -0.4 is 10.6 Å². The summed E-state index contributed by atoms with van der Waals surface area (Å²) < 4.78 is 0. The number of likely N-dealkylation sites (N-methyl/N-ethyl adjacent to an activating group) is 1. The number of hydrogen-bond donors (Lipinski definition) is 2. The van der Waals surface area contributed by atoms with Crippen molar-refractivity contribution >= 4 is 29.7 Å². The first kappa shape index (κ1) is 16.6. The second kappa shape index (κ2) is 6.82. The van der Waals surface area contributed by atoms with Gasteiger partial charge in [0.15, 0.2) is 0 Å². The zero-order chi connectivity index (χ0) is 16.2. The minimum atomic E-state index is -1.04. The molecule has 9 heteroatoms. The number of amides is 6. The van der Waals surface area contributed by atoms with Gasteiger partial charge < -0.3 is 10.6 Å². The number of nitrogens with zero attached hydrogens (tertiary/aromatic N) is 2. The van der Waals surface area contributed by atoms with E-state index < -0.39 is 36.3 Å². The van der Waals surface area contributed by atoms with E-state index in [0.29, 0.717) is 11.4 Å². The summed E-state index contributed by atoms with van der Waals surface area (Å²) in [5.41, 5.74) is 0. The van der Waals surface area contributed by atoms with Gasteiger partial charge in [0.05, 0.1) is 6.54 Å². The second-order valence-corrected chi connectivity index (χ2v) is 4.67. The summed E-state index contributed by atoms with van der Waals surface area (Å²) in [7, 11) is 0. The van der Waals surface area contributed by atoms with E-state index in [9.17, 15) is 24.0 Å². The average Bonchev–Trinajstić information content (AvgIpc) is 2.61. The molecule has 1 heterocycles. The highest BCUT2D eigenvalue weighted by atomic mass is 16.2. The summed E-state index contributed by atoms with van der Waals surface area (Å²) in [6.45, 7) is 4.48. The molecule has 1 rings (SSSR count). The standard InChI is InChI=1S/C12H18N4O5/c1-4-13-8(17)5-14-9(18)6-15-10(19)11(20)16(7(2)3)12(15)21/h7H,4-6H2,1-3H3,(H,13,17)(H,14,18). The quantitative estimate of drug-likeness (QED) is 0.454. The smallest absolute Gasteiger partial charge is 0.334 e. The minimum absolute atomic E-state index is 0.259. The van der Waals surface area contributed by atoms with Crippen LogP contribution in [0.1, 0.15) is 20.8 Å². The van der Waals surface area contributed by atoms with Gasteiger partial charge in [-0.05, 0) is 20.8 Å². The number of urea groups is 1. The Kier molecular flexibility index (Phi) is 5.39. The van der Waals surface area contributed by atoms with Crippen molar-refractivity contribution in [2.45, 2.75) is 26.8 Å². The van der Waals surface area contributed by atoms with Gasteiger partial charge in [-0.2, -0.15) is 0 Å². The molecule has 21 heavy (non-hydrogen) atoms. The molecule has 0 atom stereocenters. The molecule has 1 aliphatic heterocycles. The average molecular weight is 298 g/mol. The van der Waals surface area contributed by atoms with Crippen LogP contribution in [0.4, 0.5) is 4.79 Å². The molecule has 2 N–H and O–H groups in total. The van der Waals surface area contributed by atoms with Crippen LogP contribution in [0.5, 0.6) is 0 Å². The van der Waals surface area contributed by atoms with Crippen LogP contribution in [0.25, 0.3) is 0 Å². The number of carbonyl (C=O) groups excluding carboxylic acids is 5. The summed E-state index contributed by atoms with van der Waals surface area (Å²) in [5, 5.41) is 4.74. The fourth-order valence-electron chi connectivity index (χ4n) is 1.76. The van der Waals surface area contributed by atoms with Crippen molar-refractivity contribution < 1.29 is 24.0 Å². The first-order valence-corrected chi connectivity index (χ1v) is 6.52. The monoisotopic (exact) mass is 298 g/mol. The van der Waals surface area contributed by atoms with Crippen molar-refractivity contribution in [2.24, 2.45) is 0 Å². The van der Waals surface area contributed by atoms with Crippen LogP contribution >= 0.6 is 0 Å². The van der Waals surface area contributed by atoms with E-state index in [1.54, 1.807) is 20.8 Å². The molecule has 116 valence electrons. The summed E-state index contributed by atoms with van der Waals surface area (Å²) in [6.07, 6.45) is 0. The highest BCUT2D eigenvalue weighted by Gasteiger charge is 2.46. The molecule has 0 aromatic carbocycles. The number of rotatable bonds is 6. The number of nitrogens with one attached hydrogen (secondary N) is 2. The lowest BCUT2D eigenvalue weighted by atomic mass is 10.3. The highest BCUT2D eigenvalue weighted by Crippen LogP contribution is 2.14. The highest BCUT2D eigenvalue weighted by molar-refractivity contribution is 6.45. The van der Waals surface area contributed by atoms with Gasteiger partial charge in [-0.25, -0.2) is 9.69 Å². The fourth-order valence-corrected chi connectivity index (χ4v) is 1.76. The van der Waals surface area contributed by atoms with Crippen LogP contribution in [0.2, 0.25) is 0 Å². The maximum absolute atomic E-state index is 11.9. The van der Waals surface area contributed by atoms with Gasteiger partial charge in [0.2, 0.25) is 11.8 Å². The van der Waals surface area contributed by atoms with Crippen molar-refractivity contribution in [1.29, 1.82) is 0 Å². The lowest BCUT2D eigenvalue weighted by molar-refractivity contribution is -0.144. The normalized spacial score (nSPS) is 15.0. The van der Waals surface area contributed by atoms with E-state index in [1.807, 2.05) is 0 Å². The van der Waals surface area contributed by atoms with Crippen LogP contribution in [-0.2, 0) is 19.2 Å². The van der Waals surface area contributed by atoms with Gasteiger partial charge >= 0.3 is 17.8 Å². The molecular weight excluding hydrogens is 280 g/mol. The van der Waals surface area contributed by atoms with Crippen molar-refractivity contribution in [3.05, 3.63) is 0 Å². The largest absolute Gasteiger partial charge is 0.355 e. The van der Waals surface area contributed by atoms with Gasteiger partial charge in [0, 0.05) is 12.6 Å². The van der Waals surface area contributed by atoms with Gasteiger partial charge in [-0.1, -0.05) is 0 Å². The molecule has 0 radical (unpaired) electrons. The summed E-state index contributed by atoms with van der Waals surface area (Å²) in [6, 6.07) is -1.30.